The van der Waals surface area contributed by atoms with E-state index in [1.807, 2.05) is 0 Å². The fourth-order valence-electron chi connectivity index (χ4n) is 2.17. The van der Waals surface area contributed by atoms with Gasteiger partial charge < -0.3 is 14.8 Å². The van der Waals surface area contributed by atoms with Crippen LogP contribution in [0.5, 0.6) is 11.5 Å². The molecule has 3 aromatic rings. The van der Waals surface area contributed by atoms with Gasteiger partial charge in [0, 0.05) is 0 Å². The van der Waals surface area contributed by atoms with Gasteiger partial charge in [0.1, 0.15) is 17.3 Å². The van der Waals surface area contributed by atoms with Crippen molar-refractivity contribution < 1.29 is 18.7 Å². The number of tetrazole rings is 1. The summed E-state index contributed by atoms with van der Waals surface area (Å²) in [6.07, 6.45) is 0. The number of carbonyl (C=O) groups is 1. The van der Waals surface area contributed by atoms with Gasteiger partial charge in [-0.1, -0.05) is 6.07 Å². The second kappa shape index (κ2) is 8.06. The van der Waals surface area contributed by atoms with Gasteiger partial charge in [-0.05, 0) is 52.9 Å². The van der Waals surface area contributed by atoms with Gasteiger partial charge >= 0.3 is 0 Å². The number of hydrogen-bond acceptors (Lipinski definition) is 6. The summed E-state index contributed by atoms with van der Waals surface area (Å²) in [7, 11) is 1.57. The minimum atomic E-state index is -0.402. The Morgan fingerprint density at radius 3 is 2.69 bits per heavy atom. The smallest absolute Gasteiger partial charge is 0.258 e. The molecule has 2 aromatic carbocycles. The first kappa shape index (κ1) is 17.3. The Hall–Kier alpha value is -3.49. The lowest BCUT2D eigenvalue weighted by molar-refractivity contribution is -0.123. The van der Waals surface area contributed by atoms with Crippen LogP contribution in [0.3, 0.4) is 0 Å². The van der Waals surface area contributed by atoms with Crippen molar-refractivity contribution in [1.29, 1.82) is 0 Å². The third-order valence-electron chi connectivity index (χ3n) is 3.46. The van der Waals surface area contributed by atoms with Crippen LogP contribution in [-0.4, -0.2) is 39.8 Å². The van der Waals surface area contributed by atoms with Crippen LogP contribution < -0.4 is 14.8 Å². The Morgan fingerprint density at radius 1 is 1.19 bits per heavy atom. The fourth-order valence-corrected chi connectivity index (χ4v) is 2.17. The number of amides is 1. The topological polar surface area (TPSA) is 91.2 Å². The lowest BCUT2D eigenvalue weighted by Crippen LogP contribution is -2.29. The average Bonchev–Trinajstić information content (AvgIpc) is 3.14. The first-order valence-corrected chi connectivity index (χ1v) is 7.72. The standard InChI is InChI=1S/C17H16FN5O3/c1-25-14-5-7-15(8-6-14)26-11-17(24)19-10-16-20-21-22-23(16)13-4-2-3-12(18)9-13/h2-9H,10-11H2,1H3,(H,19,24). The molecule has 0 bridgehead atoms. The zero-order chi connectivity index (χ0) is 18.4. The lowest BCUT2D eigenvalue weighted by Gasteiger charge is -2.08. The molecule has 0 radical (unpaired) electrons. The van der Waals surface area contributed by atoms with Gasteiger partial charge in [-0.25, -0.2) is 4.39 Å². The fraction of sp³-hybridized carbons (Fsp3) is 0.176. The van der Waals surface area contributed by atoms with Crippen LogP contribution in [0.2, 0.25) is 0 Å². The molecule has 0 aliphatic heterocycles. The lowest BCUT2D eigenvalue weighted by atomic mass is 10.3. The first-order valence-electron chi connectivity index (χ1n) is 7.72. The van der Waals surface area contributed by atoms with Crippen molar-refractivity contribution in [3.8, 4) is 17.2 Å². The van der Waals surface area contributed by atoms with Crippen molar-refractivity contribution in [2.24, 2.45) is 0 Å². The molecule has 0 fully saturated rings. The summed E-state index contributed by atoms with van der Waals surface area (Å²) < 4.78 is 25.1. The molecule has 9 heteroatoms. The number of halogens is 1. The Kier molecular flexibility index (Phi) is 5.37. The van der Waals surface area contributed by atoms with Crippen LogP contribution in [0, 0.1) is 5.82 Å². The van der Waals surface area contributed by atoms with E-state index in [0.717, 1.165) is 0 Å². The molecule has 3 rings (SSSR count). The van der Waals surface area contributed by atoms with Crippen molar-refractivity contribution in [2.45, 2.75) is 6.54 Å². The molecule has 0 saturated heterocycles. The number of methoxy groups -OCH3 is 1. The Labute approximate surface area is 148 Å². The molecule has 134 valence electrons. The summed E-state index contributed by atoms with van der Waals surface area (Å²) in [6.45, 7) is -0.0812. The maximum Gasteiger partial charge on any atom is 0.258 e. The molecule has 0 unspecified atom stereocenters. The summed E-state index contributed by atoms with van der Waals surface area (Å²) in [4.78, 5) is 11.9. The Balaban J connectivity index is 1.54. The summed E-state index contributed by atoms with van der Waals surface area (Å²) in [5.41, 5.74) is 0.466. The predicted octanol–water partition coefficient (Wildman–Crippen LogP) is 1.51. The molecule has 0 aliphatic rings. The minimum Gasteiger partial charge on any atom is -0.497 e. The summed E-state index contributed by atoms with van der Waals surface area (Å²) in [5.74, 6) is 0.875. The van der Waals surface area contributed by atoms with Gasteiger partial charge in [-0.2, -0.15) is 4.68 Å². The molecule has 26 heavy (non-hydrogen) atoms. The number of carbonyl (C=O) groups excluding carboxylic acids is 1. The molecular formula is C17H16FN5O3. The molecule has 0 aliphatic carbocycles. The second-order valence-corrected chi connectivity index (χ2v) is 5.23. The molecule has 1 heterocycles. The van der Waals surface area contributed by atoms with Crippen molar-refractivity contribution in [3.63, 3.8) is 0 Å². The van der Waals surface area contributed by atoms with Gasteiger partial charge in [-0.15, -0.1) is 5.10 Å². The molecule has 0 saturated carbocycles. The van der Waals surface area contributed by atoms with Crippen LogP contribution in [0.1, 0.15) is 5.82 Å². The van der Waals surface area contributed by atoms with Crippen LogP contribution in [0.15, 0.2) is 48.5 Å². The number of rotatable bonds is 7. The van der Waals surface area contributed by atoms with E-state index in [2.05, 4.69) is 20.8 Å². The quantitative estimate of drug-likeness (QED) is 0.689. The van der Waals surface area contributed by atoms with E-state index >= 15 is 0 Å². The number of nitrogens with zero attached hydrogens (tertiary/aromatic N) is 4. The van der Waals surface area contributed by atoms with Crippen LogP contribution in [0.25, 0.3) is 5.69 Å². The van der Waals surface area contributed by atoms with E-state index in [1.54, 1.807) is 43.5 Å². The predicted molar refractivity (Wildman–Crippen MR) is 89.4 cm³/mol. The highest BCUT2D eigenvalue weighted by Gasteiger charge is 2.11. The third-order valence-corrected chi connectivity index (χ3v) is 3.46. The van der Waals surface area contributed by atoms with E-state index in [0.29, 0.717) is 23.0 Å². The monoisotopic (exact) mass is 357 g/mol. The Morgan fingerprint density at radius 2 is 1.96 bits per heavy atom. The van der Waals surface area contributed by atoms with Crippen molar-refractivity contribution >= 4 is 5.91 Å². The molecule has 0 spiro atoms. The maximum atomic E-state index is 13.3. The third kappa shape index (κ3) is 4.32. The highest BCUT2D eigenvalue weighted by Crippen LogP contribution is 2.16. The zero-order valence-electron chi connectivity index (χ0n) is 13.9. The molecule has 0 atom stereocenters. The van der Waals surface area contributed by atoms with Crippen molar-refractivity contribution in [1.82, 2.24) is 25.5 Å². The van der Waals surface area contributed by atoms with E-state index in [4.69, 9.17) is 9.47 Å². The molecule has 1 aromatic heterocycles. The van der Waals surface area contributed by atoms with E-state index in [-0.39, 0.29) is 19.1 Å². The molecule has 8 nitrogen and oxygen atoms in total. The van der Waals surface area contributed by atoms with E-state index < -0.39 is 5.82 Å². The zero-order valence-corrected chi connectivity index (χ0v) is 13.9. The molecule has 1 N–H and O–H groups in total. The normalized spacial score (nSPS) is 10.4. The number of hydrogen-bond donors (Lipinski definition) is 1. The minimum absolute atomic E-state index is 0.0777. The van der Waals surface area contributed by atoms with Gasteiger partial charge in [0.25, 0.3) is 5.91 Å². The van der Waals surface area contributed by atoms with Crippen molar-refractivity contribution in [3.05, 3.63) is 60.2 Å². The highest BCUT2D eigenvalue weighted by atomic mass is 19.1. The average molecular weight is 357 g/mol. The number of nitrogens with one attached hydrogen (secondary N) is 1. The summed E-state index contributed by atoms with van der Waals surface area (Å²) >= 11 is 0. The van der Waals surface area contributed by atoms with Crippen molar-refractivity contribution in [2.75, 3.05) is 13.7 Å². The van der Waals surface area contributed by atoms with E-state index in [1.165, 1.54) is 16.8 Å². The summed E-state index contributed by atoms with van der Waals surface area (Å²) in [5, 5.41) is 13.9. The van der Waals surface area contributed by atoms with Crippen LogP contribution >= 0.6 is 0 Å². The number of benzene rings is 2. The van der Waals surface area contributed by atoms with Crippen LogP contribution in [0.4, 0.5) is 4.39 Å². The van der Waals surface area contributed by atoms with Gasteiger partial charge in [0.15, 0.2) is 12.4 Å². The SMILES string of the molecule is COc1ccc(OCC(=O)NCc2nnnn2-c2cccc(F)c2)cc1. The maximum absolute atomic E-state index is 13.3. The van der Waals surface area contributed by atoms with Gasteiger partial charge in [0.05, 0.1) is 19.3 Å². The first-order chi connectivity index (χ1) is 12.7. The molecular weight excluding hydrogens is 341 g/mol. The molecule has 1 amide bonds. The van der Waals surface area contributed by atoms with E-state index in [9.17, 15) is 9.18 Å². The Bertz CT molecular complexity index is 882. The van der Waals surface area contributed by atoms with Crippen LogP contribution in [-0.2, 0) is 11.3 Å². The largest absolute Gasteiger partial charge is 0.497 e. The number of aromatic nitrogens is 4. The second-order valence-electron chi connectivity index (χ2n) is 5.23. The number of ether oxygens (including phenoxy) is 2. The van der Waals surface area contributed by atoms with Gasteiger partial charge in [-0.3, -0.25) is 4.79 Å². The van der Waals surface area contributed by atoms with Gasteiger partial charge in [0.2, 0.25) is 0 Å². The summed E-state index contributed by atoms with van der Waals surface area (Å²) in [6, 6.07) is 12.7. The highest BCUT2D eigenvalue weighted by molar-refractivity contribution is 5.77.